The van der Waals surface area contributed by atoms with Crippen molar-refractivity contribution < 1.29 is 4.74 Å². The van der Waals surface area contributed by atoms with Crippen LogP contribution in [-0.4, -0.2) is 49.2 Å². The zero-order valence-corrected chi connectivity index (χ0v) is 11.7. The Hall–Kier alpha value is -1.55. The first-order valence-corrected chi connectivity index (χ1v) is 6.99. The van der Waals surface area contributed by atoms with Crippen molar-refractivity contribution in [1.82, 2.24) is 9.88 Å². The maximum Gasteiger partial charge on any atom is 0.139 e. The molecule has 1 saturated heterocycles. The number of hydrogen-bond donors (Lipinski definition) is 0. The summed E-state index contributed by atoms with van der Waals surface area (Å²) in [6.45, 7) is 11.8. The summed E-state index contributed by atoms with van der Waals surface area (Å²) in [7, 11) is 0. The Balaban J connectivity index is 2.01. The molecular weight excluding hydrogens is 238 g/mol. The summed E-state index contributed by atoms with van der Waals surface area (Å²) in [6.07, 6.45) is 6.85. The molecule has 2 heterocycles. The first kappa shape index (κ1) is 13.9. The normalized spacial score (nSPS) is 17.0. The summed E-state index contributed by atoms with van der Waals surface area (Å²) in [5.41, 5.74) is 1.16. The topological polar surface area (TPSA) is 28.6 Å². The summed E-state index contributed by atoms with van der Waals surface area (Å²) in [5, 5.41) is 0. The van der Waals surface area contributed by atoms with Crippen molar-refractivity contribution in [2.24, 2.45) is 0 Å². The molecule has 0 N–H and O–H groups in total. The smallest absolute Gasteiger partial charge is 0.139 e. The van der Waals surface area contributed by atoms with Crippen LogP contribution in [0.15, 0.2) is 31.1 Å². The highest BCUT2D eigenvalue weighted by molar-refractivity contribution is 5.48. The standard InChI is InChI=1S/C15H23N3O/c1-3-6-17-7-5-8-18(10-9-17)14-11-15(19-4-2)13-16-12-14/h3,11-13H,1,4-10H2,2H3. The van der Waals surface area contributed by atoms with Gasteiger partial charge in [0.1, 0.15) is 5.75 Å². The number of rotatable bonds is 5. The van der Waals surface area contributed by atoms with Gasteiger partial charge < -0.3 is 9.64 Å². The minimum Gasteiger partial charge on any atom is -0.492 e. The van der Waals surface area contributed by atoms with Crippen molar-refractivity contribution in [3.8, 4) is 5.75 Å². The van der Waals surface area contributed by atoms with E-state index in [0.717, 1.165) is 44.2 Å². The van der Waals surface area contributed by atoms with Gasteiger partial charge in [-0.2, -0.15) is 0 Å². The lowest BCUT2D eigenvalue weighted by Crippen LogP contribution is -2.30. The molecule has 0 aromatic carbocycles. The van der Waals surface area contributed by atoms with E-state index >= 15 is 0 Å². The van der Waals surface area contributed by atoms with Crippen LogP contribution >= 0.6 is 0 Å². The van der Waals surface area contributed by atoms with Gasteiger partial charge in [-0.25, -0.2) is 0 Å². The van der Waals surface area contributed by atoms with E-state index in [1.807, 2.05) is 19.2 Å². The molecule has 0 saturated carbocycles. The molecule has 0 radical (unpaired) electrons. The van der Waals surface area contributed by atoms with Crippen LogP contribution in [0.2, 0.25) is 0 Å². The van der Waals surface area contributed by atoms with Gasteiger partial charge in [-0.3, -0.25) is 9.88 Å². The lowest BCUT2D eigenvalue weighted by Gasteiger charge is -2.23. The number of hydrogen-bond acceptors (Lipinski definition) is 4. The van der Waals surface area contributed by atoms with Crippen LogP contribution < -0.4 is 9.64 Å². The predicted molar refractivity (Wildman–Crippen MR) is 78.9 cm³/mol. The SMILES string of the molecule is C=CCN1CCCN(c2cncc(OCC)c2)CC1. The van der Waals surface area contributed by atoms with Gasteiger partial charge in [0.25, 0.3) is 0 Å². The fraction of sp³-hybridized carbons (Fsp3) is 0.533. The fourth-order valence-electron chi connectivity index (χ4n) is 2.42. The quantitative estimate of drug-likeness (QED) is 0.760. The van der Waals surface area contributed by atoms with Gasteiger partial charge in [-0.1, -0.05) is 6.08 Å². The van der Waals surface area contributed by atoms with Gasteiger partial charge in [0.2, 0.25) is 0 Å². The molecule has 19 heavy (non-hydrogen) atoms. The minimum absolute atomic E-state index is 0.679. The van der Waals surface area contributed by atoms with Crippen LogP contribution in [0.1, 0.15) is 13.3 Å². The summed E-state index contributed by atoms with van der Waals surface area (Å²) < 4.78 is 5.52. The zero-order chi connectivity index (χ0) is 13.5. The third kappa shape index (κ3) is 3.96. The lowest BCUT2D eigenvalue weighted by molar-refractivity contribution is 0.325. The number of ether oxygens (including phenoxy) is 1. The molecule has 0 atom stereocenters. The number of pyridine rings is 1. The summed E-state index contributed by atoms with van der Waals surface area (Å²) >= 11 is 0. The molecule has 4 heteroatoms. The van der Waals surface area contributed by atoms with E-state index in [2.05, 4.69) is 27.4 Å². The van der Waals surface area contributed by atoms with Crippen molar-refractivity contribution >= 4 is 5.69 Å². The highest BCUT2D eigenvalue weighted by Gasteiger charge is 2.14. The Bertz CT molecular complexity index is 408. The van der Waals surface area contributed by atoms with Crippen molar-refractivity contribution in [3.63, 3.8) is 0 Å². The van der Waals surface area contributed by atoms with Crippen molar-refractivity contribution in [3.05, 3.63) is 31.1 Å². The first-order valence-electron chi connectivity index (χ1n) is 6.99. The van der Waals surface area contributed by atoms with Crippen LogP contribution in [0.5, 0.6) is 5.75 Å². The minimum atomic E-state index is 0.679. The Morgan fingerprint density at radius 2 is 2.21 bits per heavy atom. The van der Waals surface area contributed by atoms with E-state index in [1.54, 1.807) is 6.20 Å². The average Bonchev–Trinajstić information content (AvgIpc) is 2.66. The van der Waals surface area contributed by atoms with E-state index in [1.165, 1.54) is 6.42 Å². The zero-order valence-electron chi connectivity index (χ0n) is 11.7. The lowest BCUT2D eigenvalue weighted by atomic mass is 10.3. The Morgan fingerprint density at radius 1 is 1.32 bits per heavy atom. The van der Waals surface area contributed by atoms with E-state index in [4.69, 9.17) is 4.74 Å². The number of aromatic nitrogens is 1. The second kappa shape index (κ2) is 7.14. The Kier molecular flexibility index (Phi) is 5.21. The number of nitrogens with zero attached hydrogens (tertiary/aromatic N) is 3. The molecule has 2 rings (SSSR count). The van der Waals surface area contributed by atoms with E-state index in [0.29, 0.717) is 6.61 Å². The second-order valence-electron chi connectivity index (χ2n) is 4.74. The largest absolute Gasteiger partial charge is 0.492 e. The predicted octanol–water partition coefficient (Wildman–Crippen LogP) is 2.18. The maximum absolute atomic E-state index is 5.52. The molecule has 0 unspecified atom stereocenters. The van der Waals surface area contributed by atoms with Crippen molar-refractivity contribution in [1.29, 1.82) is 0 Å². The van der Waals surface area contributed by atoms with Gasteiger partial charge in [0.15, 0.2) is 0 Å². The number of anilines is 1. The van der Waals surface area contributed by atoms with Gasteiger partial charge in [0.05, 0.1) is 24.7 Å². The van der Waals surface area contributed by atoms with Crippen LogP contribution in [0.25, 0.3) is 0 Å². The fourth-order valence-corrected chi connectivity index (χ4v) is 2.42. The third-order valence-electron chi connectivity index (χ3n) is 3.35. The highest BCUT2D eigenvalue weighted by atomic mass is 16.5. The molecule has 1 aromatic heterocycles. The molecular formula is C15H23N3O. The summed E-state index contributed by atoms with van der Waals surface area (Å²) in [6, 6.07) is 2.08. The Morgan fingerprint density at radius 3 is 3.00 bits per heavy atom. The van der Waals surface area contributed by atoms with Crippen LogP contribution in [-0.2, 0) is 0 Å². The van der Waals surface area contributed by atoms with Gasteiger partial charge >= 0.3 is 0 Å². The van der Waals surface area contributed by atoms with Gasteiger partial charge in [-0.05, 0) is 13.3 Å². The first-order chi connectivity index (χ1) is 9.33. The monoisotopic (exact) mass is 261 g/mol. The molecule has 0 spiro atoms. The molecule has 0 bridgehead atoms. The van der Waals surface area contributed by atoms with Gasteiger partial charge in [-0.15, -0.1) is 6.58 Å². The van der Waals surface area contributed by atoms with Crippen molar-refractivity contribution in [2.45, 2.75) is 13.3 Å². The molecule has 4 nitrogen and oxygen atoms in total. The second-order valence-corrected chi connectivity index (χ2v) is 4.74. The highest BCUT2D eigenvalue weighted by Crippen LogP contribution is 2.20. The average molecular weight is 261 g/mol. The van der Waals surface area contributed by atoms with E-state index in [-0.39, 0.29) is 0 Å². The maximum atomic E-state index is 5.52. The van der Waals surface area contributed by atoms with Crippen molar-refractivity contribution in [2.75, 3.05) is 44.2 Å². The van der Waals surface area contributed by atoms with E-state index in [9.17, 15) is 0 Å². The third-order valence-corrected chi connectivity index (χ3v) is 3.35. The molecule has 104 valence electrons. The molecule has 1 aromatic rings. The molecule has 0 amide bonds. The van der Waals surface area contributed by atoms with Crippen LogP contribution in [0.4, 0.5) is 5.69 Å². The van der Waals surface area contributed by atoms with Gasteiger partial charge in [0, 0.05) is 38.8 Å². The Labute approximate surface area is 115 Å². The summed E-state index contributed by atoms with van der Waals surface area (Å²) in [4.78, 5) is 9.09. The van der Waals surface area contributed by atoms with E-state index < -0.39 is 0 Å². The molecule has 0 aliphatic carbocycles. The molecule has 1 fully saturated rings. The van der Waals surface area contributed by atoms with Crippen LogP contribution in [0, 0.1) is 0 Å². The molecule has 1 aliphatic heterocycles. The molecule has 1 aliphatic rings. The summed E-state index contributed by atoms with van der Waals surface area (Å²) in [5.74, 6) is 0.854. The van der Waals surface area contributed by atoms with Crippen LogP contribution in [0.3, 0.4) is 0 Å².